The normalized spacial score (nSPS) is 10.0. The molecule has 2 aromatic rings. The van der Waals surface area contributed by atoms with Crippen LogP contribution in [0.25, 0.3) is 0 Å². The number of hydrogen-bond donors (Lipinski definition) is 1. The van der Waals surface area contributed by atoms with E-state index in [1.807, 2.05) is 0 Å². The van der Waals surface area contributed by atoms with E-state index in [1.165, 1.54) is 31.6 Å². The monoisotopic (exact) mass is 310 g/mol. The van der Waals surface area contributed by atoms with Gasteiger partial charge in [0.15, 0.2) is 5.82 Å². The highest BCUT2D eigenvalue weighted by Crippen LogP contribution is 2.38. The Kier molecular flexibility index (Phi) is 4.39. The van der Waals surface area contributed by atoms with Gasteiger partial charge in [-0.05, 0) is 6.07 Å². The molecule has 0 spiro atoms. The van der Waals surface area contributed by atoms with Gasteiger partial charge < -0.3 is 14.8 Å². The number of ether oxygens (including phenoxy) is 2. The lowest BCUT2D eigenvalue weighted by atomic mass is 10.3. The first-order valence-electron chi connectivity index (χ1n) is 5.75. The van der Waals surface area contributed by atoms with E-state index >= 15 is 0 Å². The Balaban J connectivity index is 2.47. The molecule has 1 aromatic carbocycles. The summed E-state index contributed by atoms with van der Waals surface area (Å²) < 4.78 is 10.6. The quantitative estimate of drug-likeness (QED) is 0.669. The van der Waals surface area contributed by atoms with Gasteiger partial charge in [-0.1, -0.05) is 11.6 Å². The second-order valence-electron chi connectivity index (χ2n) is 3.78. The number of anilines is 1. The third kappa shape index (κ3) is 3.11. The zero-order chi connectivity index (χ0) is 15.4. The van der Waals surface area contributed by atoms with Crippen molar-refractivity contribution in [1.82, 2.24) is 9.97 Å². The van der Waals surface area contributed by atoms with Crippen molar-refractivity contribution in [3.05, 3.63) is 39.7 Å². The highest BCUT2D eigenvalue weighted by molar-refractivity contribution is 6.30. The summed E-state index contributed by atoms with van der Waals surface area (Å²) in [7, 11) is 3.06. The number of halogens is 1. The number of nitro groups is 1. The molecule has 0 fully saturated rings. The molecule has 110 valence electrons. The molecule has 0 bridgehead atoms. The first-order valence-corrected chi connectivity index (χ1v) is 6.13. The third-order valence-corrected chi connectivity index (χ3v) is 2.77. The van der Waals surface area contributed by atoms with Crippen LogP contribution in [0.1, 0.15) is 0 Å². The summed E-state index contributed by atoms with van der Waals surface area (Å²) in [6.07, 6.45) is 1.25. The molecule has 0 aliphatic heterocycles. The molecule has 8 nitrogen and oxygen atoms in total. The average molecular weight is 311 g/mol. The van der Waals surface area contributed by atoms with Gasteiger partial charge in [0.25, 0.3) is 5.88 Å². The van der Waals surface area contributed by atoms with Crippen LogP contribution in [0.2, 0.25) is 5.02 Å². The van der Waals surface area contributed by atoms with Crippen molar-refractivity contribution in [2.75, 3.05) is 19.5 Å². The van der Waals surface area contributed by atoms with Gasteiger partial charge in [0.1, 0.15) is 6.33 Å². The summed E-state index contributed by atoms with van der Waals surface area (Å²) in [6.45, 7) is 0. The Morgan fingerprint density at radius 2 is 2.14 bits per heavy atom. The number of methoxy groups -OCH3 is 1. The largest absolute Gasteiger partial charge is 0.489 e. The summed E-state index contributed by atoms with van der Waals surface area (Å²) in [5.41, 5.74) is -0.230. The Morgan fingerprint density at radius 1 is 1.38 bits per heavy atom. The number of nitrogens with zero attached hydrogens (tertiary/aromatic N) is 3. The molecule has 0 saturated carbocycles. The van der Waals surface area contributed by atoms with Gasteiger partial charge in [-0.25, -0.2) is 4.98 Å². The molecule has 21 heavy (non-hydrogen) atoms. The van der Waals surface area contributed by atoms with Crippen molar-refractivity contribution in [3.63, 3.8) is 0 Å². The second kappa shape index (κ2) is 6.23. The second-order valence-corrected chi connectivity index (χ2v) is 4.22. The van der Waals surface area contributed by atoms with E-state index in [-0.39, 0.29) is 23.1 Å². The number of hydrogen-bond acceptors (Lipinski definition) is 7. The van der Waals surface area contributed by atoms with Gasteiger partial charge in [-0.2, -0.15) is 4.98 Å². The molecule has 1 heterocycles. The molecule has 0 radical (unpaired) electrons. The van der Waals surface area contributed by atoms with Crippen LogP contribution < -0.4 is 14.8 Å². The van der Waals surface area contributed by atoms with Crippen LogP contribution in [0, 0.1) is 10.1 Å². The summed E-state index contributed by atoms with van der Waals surface area (Å²) in [5, 5.41) is 14.1. The molecule has 0 saturated heterocycles. The SMILES string of the molecule is CNc1ncnc(Oc2cc(Cl)ccc2[N+](=O)[O-])c1OC. The van der Waals surface area contributed by atoms with Crippen LogP contribution in [-0.2, 0) is 0 Å². The fourth-order valence-electron chi connectivity index (χ4n) is 1.62. The average Bonchev–Trinajstić information content (AvgIpc) is 2.46. The van der Waals surface area contributed by atoms with Crippen LogP contribution in [0.15, 0.2) is 24.5 Å². The van der Waals surface area contributed by atoms with E-state index in [0.717, 1.165) is 0 Å². The topological polar surface area (TPSA) is 99.4 Å². The Morgan fingerprint density at radius 3 is 2.76 bits per heavy atom. The number of nitrogens with one attached hydrogen (secondary N) is 1. The van der Waals surface area contributed by atoms with E-state index < -0.39 is 4.92 Å². The molecule has 1 aromatic heterocycles. The number of nitro benzene ring substituents is 1. The minimum Gasteiger partial charge on any atom is -0.489 e. The van der Waals surface area contributed by atoms with Gasteiger partial charge in [0.2, 0.25) is 11.5 Å². The summed E-state index contributed by atoms with van der Waals surface area (Å²) in [4.78, 5) is 18.3. The van der Waals surface area contributed by atoms with Crippen molar-refractivity contribution in [3.8, 4) is 17.4 Å². The third-order valence-electron chi connectivity index (χ3n) is 2.54. The van der Waals surface area contributed by atoms with E-state index in [9.17, 15) is 10.1 Å². The van der Waals surface area contributed by atoms with Crippen molar-refractivity contribution >= 4 is 23.1 Å². The molecular formula is C12H11ClN4O4. The van der Waals surface area contributed by atoms with E-state index in [1.54, 1.807) is 7.05 Å². The first-order chi connectivity index (χ1) is 10.1. The smallest absolute Gasteiger partial charge is 0.311 e. The van der Waals surface area contributed by atoms with Crippen molar-refractivity contribution < 1.29 is 14.4 Å². The Bertz CT molecular complexity index is 680. The maximum Gasteiger partial charge on any atom is 0.311 e. The lowest BCUT2D eigenvalue weighted by molar-refractivity contribution is -0.385. The number of benzene rings is 1. The predicted molar refractivity (Wildman–Crippen MR) is 76.3 cm³/mol. The number of rotatable bonds is 5. The molecule has 0 aliphatic carbocycles. The number of aromatic nitrogens is 2. The maximum atomic E-state index is 11.0. The minimum atomic E-state index is -0.571. The standard InChI is InChI=1S/C12H11ClN4O4/c1-14-11-10(20-2)12(16-6-15-11)21-9-5-7(13)3-4-8(9)17(18)19/h3-6H,1-2H3,(H,14,15,16). The molecule has 0 aliphatic rings. The zero-order valence-corrected chi connectivity index (χ0v) is 11.9. The minimum absolute atomic E-state index is 0.0356. The molecule has 0 atom stereocenters. The fourth-order valence-corrected chi connectivity index (χ4v) is 1.78. The lowest BCUT2D eigenvalue weighted by Crippen LogP contribution is -2.02. The fraction of sp³-hybridized carbons (Fsp3) is 0.167. The van der Waals surface area contributed by atoms with Crippen molar-refractivity contribution in [1.29, 1.82) is 0 Å². The molecule has 9 heteroatoms. The van der Waals surface area contributed by atoms with Gasteiger partial charge in [-0.3, -0.25) is 10.1 Å². The summed E-state index contributed by atoms with van der Waals surface area (Å²) in [5.74, 6) is 0.634. The summed E-state index contributed by atoms with van der Waals surface area (Å²) >= 11 is 5.84. The van der Waals surface area contributed by atoms with Crippen LogP contribution in [-0.4, -0.2) is 29.0 Å². The van der Waals surface area contributed by atoms with Gasteiger partial charge in [-0.15, -0.1) is 0 Å². The van der Waals surface area contributed by atoms with Crippen molar-refractivity contribution in [2.45, 2.75) is 0 Å². The Labute approximate surface area is 124 Å². The predicted octanol–water partition coefficient (Wildman–Crippen LogP) is 2.88. The van der Waals surface area contributed by atoms with Crippen LogP contribution in [0.5, 0.6) is 17.4 Å². The molecule has 0 unspecified atom stereocenters. The summed E-state index contributed by atoms with van der Waals surface area (Å²) in [6, 6.07) is 3.99. The molecular weight excluding hydrogens is 300 g/mol. The maximum absolute atomic E-state index is 11.0. The zero-order valence-electron chi connectivity index (χ0n) is 11.2. The highest BCUT2D eigenvalue weighted by atomic mass is 35.5. The first kappa shape index (κ1) is 14.8. The Hall–Kier alpha value is -2.61. The van der Waals surface area contributed by atoms with E-state index in [4.69, 9.17) is 21.1 Å². The van der Waals surface area contributed by atoms with E-state index in [2.05, 4.69) is 15.3 Å². The van der Waals surface area contributed by atoms with Crippen molar-refractivity contribution in [2.24, 2.45) is 0 Å². The van der Waals surface area contributed by atoms with Crippen LogP contribution in [0.4, 0.5) is 11.5 Å². The molecule has 1 N–H and O–H groups in total. The lowest BCUT2D eigenvalue weighted by Gasteiger charge is -2.11. The van der Waals surface area contributed by atoms with Gasteiger partial charge in [0, 0.05) is 24.2 Å². The van der Waals surface area contributed by atoms with Crippen LogP contribution >= 0.6 is 11.6 Å². The highest BCUT2D eigenvalue weighted by Gasteiger charge is 2.20. The molecule has 2 rings (SSSR count). The van der Waals surface area contributed by atoms with E-state index in [0.29, 0.717) is 10.8 Å². The van der Waals surface area contributed by atoms with Gasteiger partial charge in [0.05, 0.1) is 12.0 Å². The van der Waals surface area contributed by atoms with Gasteiger partial charge >= 0.3 is 5.69 Å². The molecule has 0 amide bonds. The van der Waals surface area contributed by atoms with Crippen LogP contribution in [0.3, 0.4) is 0 Å².